The summed E-state index contributed by atoms with van der Waals surface area (Å²) in [7, 11) is 0. The molecule has 0 radical (unpaired) electrons. The van der Waals surface area contributed by atoms with E-state index in [4.69, 9.17) is 0 Å². The zero-order valence-corrected chi connectivity index (χ0v) is 15.7. The first-order valence-corrected chi connectivity index (χ1v) is 9.63. The van der Waals surface area contributed by atoms with Crippen LogP contribution in [0.3, 0.4) is 0 Å². The summed E-state index contributed by atoms with van der Waals surface area (Å²) in [6.45, 7) is 4.05. The van der Waals surface area contributed by atoms with Gasteiger partial charge in [0.2, 0.25) is 5.91 Å². The van der Waals surface area contributed by atoms with Crippen LogP contribution in [0.5, 0.6) is 0 Å². The topological polar surface area (TPSA) is 77.7 Å². The van der Waals surface area contributed by atoms with Gasteiger partial charge in [0.15, 0.2) is 0 Å². The van der Waals surface area contributed by atoms with Crippen molar-refractivity contribution in [3.63, 3.8) is 0 Å². The molecule has 4 rings (SSSR count). The number of carbonyl (C=O) groups is 1. The van der Waals surface area contributed by atoms with E-state index >= 15 is 0 Å². The average Bonchev–Trinajstić information content (AvgIpc) is 3.21. The predicted molar refractivity (Wildman–Crippen MR) is 101 cm³/mol. The first kappa shape index (κ1) is 18.8. The normalized spacial score (nSPS) is 23.8. The second-order valence-corrected chi connectivity index (χ2v) is 7.33. The molecular weight excluding hydrogens is 363 g/mol. The molecule has 1 aromatic carbocycles. The van der Waals surface area contributed by atoms with Crippen molar-refractivity contribution in [2.24, 2.45) is 0 Å². The molecule has 1 aromatic heterocycles. The summed E-state index contributed by atoms with van der Waals surface area (Å²) >= 11 is 0. The molecule has 1 amide bonds. The highest BCUT2D eigenvalue weighted by Gasteiger charge is 2.35. The summed E-state index contributed by atoms with van der Waals surface area (Å²) in [5.41, 5.74) is 0.635. The lowest BCUT2D eigenvalue weighted by Crippen LogP contribution is -2.59. The molecule has 9 heteroatoms. The number of likely N-dealkylation sites (tertiary alicyclic amines) is 1. The maximum absolute atomic E-state index is 14.0. The maximum atomic E-state index is 14.0. The summed E-state index contributed by atoms with van der Waals surface area (Å²) in [4.78, 5) is 22.2. The summed E-state index contributed by atoms with van der Waals surface area (Å²) in [6, 6.07) is 6.86. The third-order valence-electron chi connectivity index (χ3n) is 5.64. The summed E-state index contributed by atoms with van der Waals surface area (Å²) < 4.78 is 15.5. The number of hydrogen-bond acceptors (Lipinski definition) is 6. The van der Waals surface area contributed by atoms with Crippen molar-refractivity contribution in [2.45, 2.75) is 25.1 Å². The second-order valence-electron chi connectivity index (χ2n) is 7.33. The van der Waals surface area contributed by atoms with E-state index in [0.717, 1.165) is 32.6 Å². The van der Waals surface area contributed by atoms with Gasteiger partial charge in [0.25, 0.3) is 0 Å². The zero-order chi connectivity index (χ0) is 19.5. The molecule has 0 aliphatic carbocycles. The number of carbonyl (C=O) groups excluding carboxylic acids is 1. The molecule has 2 aliphatic rings. The van der Waals surface area contributed by atoms with Crippen LogP contribution in [-0.2, 0) is 11.3 Å². The summed E-state index contributed by atoms with van der Waals surface area (Å²) in [6.07, 6.45) is 3.04. The molecule has 0 spiro atoms. The van der Waals surface area contributed by atoms with Gasteiger partial charge in [-0.15, -0.1) is 0 Å². The Labute approximate surface area is 163 Å². The molecule has 0 bridgehead atoms. The van der Waals surface area contributed by atoms with Crippen LogP contribution in [-0.4, -0.2) is 87.0 Å². The Morgan fingerprint density at radius 2 is 1.96 bits per heavy atom. The average molecular weight is 388 g/mol. The van der Waals surface area contributed by atoms with Gasteiger partial charge < -0.3 is 14.9 Å². The number of benzene rings is 1. The third-order valence-corrected chi connectivity index (χ3v) is 5.64. The van der Waals surface area contributed by atoms with Gasteiger partial charge in [-0.1, -0.05) is 12.1 Å². The van der Waals surface area contributed by atoms with Crippen LogP contribution < -0.4 is 4.90 Å². The lowest BCUT2D eigenvalue weighted by molar-refractivity contribution is -0.137. The highest BCUT2D eigenvalue weighted by atomic mass is 19.1. The fourth-order valence-electron chi connectivity index (χ4n) is 4.13. The Kier molecular flexibility index (Phi) is 5.54. The van der Waals surface area contributed by atoms with Gasteiger partial charge in [-0.05, 0) is 18.6 Å². The van der Waals surface area contributed by atoms with Crippen molar-refractivity contribution in [3.05, 3.63) is 42.7 Å². The maximum Gasteiger partial charge on any atom is 0.244 e. The molecule has 1 N–H and O–H groups in total. The van der Waals surface area contributed by atoms with Crippen LogP contribution in [0.1, 0.15) is 6.42 Å². The van der Waals surface area contributed by atoms with Crippen molar-refractivity contribution in [3.8, 4) is 0 Å². The van der Waals surface area contributed by atoms with Crippen LogP contribution in [0.25, 0.3) is 0 Å². The quantitative estimate of drug-likeness (QED) is 0.807. The molecule has 28 heavy (non-hydrogen) atoms. The lowest BCUT2D eigenvalue weighted by atomic mass is 9.99. The first-order chi connectivity index (χ1) is 13.6. The number of β-amino-alcohol motifs (C(OH)–C–C–N with tert-alkyl or cyclic N) is 1. The van der Waals surface area contributed by atoms with Gasteiger partial charge in [0.05, 0.1) is 11.8 Å². The highest BCUT2D eigenvalue weighted by Crippen LogP contribution is 2.23. The van der Waals surface area contributed by atoms with Crippen molar-refractivity contribution >= 4 is 11.6 Å². The highest BCUT2D eigenvalue weighted by molar-refractivity contribution is 5.76. The minimum atomic E-state index is -0.589. The van der Waals surface area contributed by atoms with Crippen molar-refractivity contribution in [1.82, 2.24) is 24.6 Å². The molecule has 2 saturated heterocycles. The zero-order valence-electron chi connectivity index (χ0n) is 15.7. The number of piperidine rings is 1. The molecule has 2 atom stereocenters. The molecule has 2 aliphatic heterocycles. The molecule has 150 valence electrons. The lowest BCUT2D eigenvalue weighted by Gasteiger charge is -2.45. The number of piperazine rings is 1. The molecule has 2 aromatic rings. The summed E-state index contributed by atoms with van der Waals surface area (Å²) in [5.74, 6) is -0.262. The summed E-state index contributed by atoms with van der Waals surface area (Å²) in [5, 5.41) is 14.6. The fourth-order valence-corrected chi connectivity index (χ4v) is 4.13. The standard InChI is InChI=1S/C19H25FN6O2/c20-15-3-1-2-4-16(15)23-7-9-24(10-8-23)17-5-6-25(11-18(17)27)19(28)12-26-14-21-13-22-26/h1-4,13-14,17-18,27H,5-12H2/t17-,18-/m1/s1. The molecule has 0 saturated carbocycles. The smallest absolute Gasteiger partial charge is 0.244 e. The molecule has 8 nitrogen and oxygen atoms in total. The third kappa shape index (κ3) is 4.00. The van der Waals surface area contributed by atoms with Crippen molar-refractivity contribution < 1.29 is 14.3 Å². The number of aliphatic hydroxyl groups excluding tert-OH is 1. The van der Waals surface area contributed by atoms with Crippen molar-refractivity contribution in [1.29, 1.82) is 0 Å². The molecule has 3 heterocycles. The molecule has 2 fully saturated rings. The van der Waals surface area contributed by atoms with Crippen LogP contribution in [0.4, 0.5) is 10.1 Å². The van der Waals surface area contributed by atoms with Gasteiger partial charge in [-0.25, -0.2) is 14.1 Å². The number of para-hydroxylation sites is 1. The monoisotopic (exact) mass is 388 g/mol. The Balaban J connectivity index is 1.29. The Morgan fingerprint density at radius 1 is 1.18 bits per heavy atom. The SMILES string of the molecule is O=C(Cn1cncn1)N1CC[C@@H](N2CCN(c3ccccc3F)CC2)[C@H](O)C1. The predicted octanol–water partition coefficient (Wildman–Crippen LogP) is 0.201. The van der Waals surface area contributed by atoms with Gasteiger partial charge >= 0.3 is 0 Å². The van der Waals surface area contributed by atoms with Gasteiger partial charge in [0.1, 0.15) is 25.0 Å². The first-order valence-electron chi connectivity index (χ1n) is 9.63. The van der Waals surface area contributed by atoms with E-state index in [1.54, 1.807) is 17.0 Å². The number of aliphatic hydroxyl groups is 1. The van der Waals surface area contributed by atoms with Gasteiger partial charge in [-0.2, -0.15) is 5.10 Å². The number of amides is 1. The van der Waals surface area contributed by atoms with Crippen LogP contribution >= 0.6 is 0 Å². The number of hydrogen-bond donors (Lipinski definition) is 1. The number of aromatic nitrogens is 3. The van der Waals surface area contributed by atoms with E-state index in [2.05, 4.69) is 19.9 Å². The largest absolute Gasteiger partial charge is 0.390 e. The van der Waals surface area contributed by atoms with E-state index in [1.165, 1.54) is 23.4 Å². The Morgan fingerprint density at radius 3 is 2.64 bits per heavy atom. The van der Waals surface area contributed by atoms with E-state index in [9.17, 15) is 14.3 Å². The van der Waals surface area contributed by atoms with Gasteiger partial charge in [-0.3, -0.25) is 9.69 Å². The van der Waals surface area contributed by atoms with E-state index in [-0.39, 0.29) is 24.3 Å². The minimum absolute atomic E-state index is 0.0261. The van der Waals surface area contributed by atoms with Crippen LogP contribution in [0.2, 0.25) is 0 Å². The van der Waals surface area contributed by atoms with Gasteiger partial charge in [0, 0.05) is 45.3 Å². The van der Waals surface area contributed by atoms with E-state index in [0.29, 0.717) is 18.8 Å². The molecular formula is C19H25FN6O2. The minimum Gasteiger partial charge on any atom is -0.390 e. The molecule has 0 unspecified atom stereocenters. The number of anilines is 1. The Hall–Kier alpha value is -2.52. The number of rotatable bonds is 4. The van der Waals surface area contributed by atoms with Crippen molar-refractivity contribution in [2.75, 3.05) is 44.2 Å². The van der Waals surface area contributed by atoms with Crippen LogP contribution in [0, 0.1) is 5.82 Å². The second kappa shape index (κ2) is 8.24. The van der Waals surface area contributed by atoms with E-state index in [1.807, 2.05) is 6.07 Å². The van der Waals surface area contributed by atoms with Crippen LogP contribution in [0.15, 0.2) is 36.9 Å². The Bertz CT molecular complexity index is 793. The number of nitrogens with zero attached hydrogens (tertiary/aromatic N) is 6. The number of halogens is 1. The fraction of sp³-hybridized carbons (Fsp3) is 0.526. The van der Waals surface area contributed by atoms with E-state index < -0.39 is 6.10 Å².